The van der Waals surface area contributed by atoms with Gasteiger partial charge in [0, 0.05) is 25.5 Å². The second-order valence-electron chi connectivity index (χ2n) is 7.55. The van der Waals surface area contributed by atoms with Gasteiger partial charge in [-0.25, -0.2) is 19.5 Å². The minimum Gasteiger partial charge on any atom is -0.478 e. The van der Waals surface area contributed by atoms with Crippen LogP contribution in [0.2, 0.25) is 0 Å². The summed E-state index contributed by atoms with van der Waals surface area (Å²) in [4.78, 5) is 20.9. The van der Waals surface area contributed by atoms with E-state index >= 15 is 0 Å². The molecule has 0 bridgehead atoms. The maximum Gasteiger partial charge on any atom is 0.221 e. The lowest BCUT2D eigenvalue weighted by molar-refractivity contribution is 0.193. The molecule has 3 aromatic rings. The molecule has 9 nitrogen and oxygen atoms in total. The van der Waals surface area contributed by atoms with Gasteiger partial charge in [0.1, 0.15) is 23.5 Å². The van der Waals surface area contributed by atoms with Crippen molar-refractivity contribution < 1.29 is 9.47 Å². The van der Waals surface area contributed by atoms with Gasteiger partial charge < -0.3 is 14.4 Å². The number of anilines is 1. The van der Waals surface area contributed by atoms with E-state index in [0.717, 1.165) is 65.9 Å². The molecule has 0 N–H and O–H groups in total. The van der Waals surface area contributed by atoms with Gasteiger partial charge in [-0.2, -0.15) is 10.1 Å². The minimum absolute atomic E-state index is 0.283. The molecule has 0 saturated carbocycles. The largest absolute Gasteiger partial charge is 0.478 e. The standard InChI is InChI=1S/C20H25N7O2/c1-4-29-20-15-9-26(7-5-16(15)23-12(2)24-20)19-18-17(14-6-8-28-10-14)25-13(3)27(18)22-11-21-19/h11,14H,4-10H2,1-3H3/t14-/m1/s1. The highest BCUT2D eigenvalue weighted by Gasteiger charge is 2.30. The molecule has 0 unspecified atom stereocenters. The van der Waals surface area contributed by atoms with E-state index in [0.29, 0.717) is 25.6 Å². The molecule has 5 heterocycles. The smallest absolute Gasteiger partial charge is 0.221 e. The first-order valence-electron chi connectivity index (χ1n) is 10.2. The van der Waals surface area contributed by atoms with Crippen molar-refractivity contribution in [2.75, 3.05) is 31.3 Å². The van der Waals surface area contributed by atoms with Crippen molar-refractivity contribution in [1.82, 2.24) is 29.5 Å². The summed E-state index contributed by atoms with van der Waals surface area (Å²) in [6.07, 6.45) is 3.41. The van der Waals surface area contributed by atoms with Crippen LogP contribution in [0.3, 0.4) is 0 Å². The Kier molecular flexibility index (Phi) is 4.54. The summed E-state index contributed by atoms with van der Waals surface area (Å²) in [5, 5.41) is 4.46. The van der Waals surface area contributed by atoms with Gasteiger partial charge >= 0.3 is 0 Å². The normalized spacial score (nSPS) is 19.0. The first-order chi connectivity index (χ1) is 14.2. The summed E-state index contributed by atoms with van der Waals surface area (Å²) in [5.41, 5.74) is 4.13. The third-order valence-corrected chi connectivity index (χ3v) is 5.63. The Morgan fingerprint density at radius 2 is 2.14 bits per heavy atom. The third kappa shape index (κ3) is 3.09. The van der Waals surface area contributed by atoms with Crippen LogP contribution in [0.4, 0.5) is 5.82 Å². The molecule has 2 aliphatic rings. The molecule has 9 heteroatoms. The number of fused-ring (bicyclic) bond motifs is 2. The lowest BCUT2D eigenvalue weighted by Gasteiger charge is -2.30. The van der Waals surface area contributed by atoms with E-state index in [-0.39, 0.29) is 5.92 Å². The van der Waals surface area contributed by atoms with E-state index in [1.54, 1.807) is 6.33 Å². The fraction of sp³-hybridized carbons (Fsp3) is 0.550. The van der Waals surface area contributed by atoms with Crippen molar-refractivity contribution in [3.63, 3.8) is 0 Å². The van der Waals surface area contributed by atoms with Crippen molar-refractivity contribution >= 4 is 11.3 Å². The number of ether oxygens (including phenoxy) is 2. The summed E-state index contributed by atoms with van der Waals surface area (Å²) < 4.78 is 13.3. The fourth-order valence-electron chi connectivity index (χ4n) is 4.29. The summed E-state index contributed by atoms with van der Waals surface area (Å²) in [5.74, 6) is 3.48. The Hall–Kier alpha value is -2.81. The Morgan fingerprint density at radius 1 is 1.24 bits per heavy atom. The lowest BCUT2D eigenvalue weighted by Crippen LogP contribution is -2.33. The molecule has 0 radical (unpaired) electrons. The highest BCUT2D eigenvalue weighted by atomic mass is 16.5. The fourth-order valence-corrected chi connectivity index (χ4v) is 4.29. The molecule has 1 fully saturated rings. The maximum atomic E-state index is 5.82. The van der Waals surface area contributed by atoms with Gasteiger partial charge in [-0.1, -0.05) is 0 Å². The molecular formula is C20H25N7O2. The van der Waals surface area contributed by atoms with E-state index in [9.17, 15) is 0 Å². The summed E-state index contributed by atoms with van der Waals surface area (Å²) in [7, 11) is 0. The van der Waals surface area contributed by atoms with Gasteiger partial charge in [-0.05, 0) is 27.2 Å². The quantitative estimate of drug-likeness (QED) is 0.663. The van der Waals surface area contributed by atoms with Crippen molar-refractivity contribution in [3.05, 3.63) is 34.9 Å². The van der Waals surface area contributed by atoms with Crippen LogP contribution in [0.15, 0.2) is 6.33 Å². The molecule has 0 aliphatic carbocycles. The lowest BCUT2D eigenvalue weighted by atomic mass is 10.0. The zero-order valence-corrected chi connectivity index (χ0v) is 17.1. The molecule has 3 aromatic heterocycles. The van der Waals surface area contributed by atoms with Gasteiger partial charge in [-0.3, -0.25) is 0 Å². The van der Waals surface area contributed by atoms with Crippen molar-refractivity contribution in [1.29, 1.82) is 0 Å². The Bertz CT molecular complexity index is 1060. The molecule has 1 saturated heterocycles. The summed E-state index contributed by atoms with van der Waals surface area (Å²) in [6, 6.07) is 0. The van der Waals surface area contributed by atoms with Crippen LogP contribution in [0.25, 0.3) is 5.52 Å². The number of hydrogen-bond donors (Lipinski definition) is 0. The first-order valence-corrected chi connectivity index (χ1v) is 10.2. The summed E-state index contributed by atoms with van der Waals surface area (Å²) in [6.45, 7) is 9.40. The van der Waals surface area contributed by atoms with E-state index < -0.39 is 0 Å². The molecule has 0 aromatic carbocycles. The molecule has 152 valence electrons. The van der Waals surface area contributed by atoms with Crippen molar-refractivity contribution in [2.24, 2.45) is 0 Å². The number of aromatic nitrogens is 6. The highest BCUT2D eigenvalue weighted by Crippen LogP contribution is 2.35. The van der Waals surface area contributed by atoms with E-state index in [4.69, 9.17) is 14.5 Å². The molecule has 0 spiro atoms. The average molecular weight is 395 g/mol. The number of hydrogen-bond acceptors (Lipinski definition) is 8. The zero-order chi connectivity index (χ0) is 20.0. The molecule has 5 rings (SSSR count). The molecular weight excluding hydrogens is 370 g/mol. The molecule has 1 atom stereocenters. The van der Waals surface area contributed by atoms with Gasteiger partial charge in [0.25, 0.3) is 0 Å². The predicted octanol–water partition coefficient (Wildman–Crippen LogP) is 2.00. The van der Waals surface area contributed by atoms with Crippen molar-refractivity contribution in [2.45, 2.75) is 46.1 Å². The van der Waals surface area contributed by atoms with Gasteiger partial charge in [-0.15, -0.1) is 0 Å². The van der Waals surface area contributed by atoms with E-state index in [2.05, 4.69) is 25.0 Å². The van der Waals surface area contributed by atoms with Crippen LogP contribution in [0.1, 0.15) is 47.9 Å². The van der Waals surface area contributed by atoms with Gasteiger partial charge in [0.2, 0.25) is 5.88 Å². The van der Waals surface area contributed by atoms with Crippen LogP contribution < -0.4 is 9.64 Å². The Morgan fingerprint density at radius 3 is 2.93 bits per heavy atom. The highest BCUT2D eigenvalue weighted by molar-refractivity contribution is 5.73. The number of nitrogens with zero attached hydrogens (tertiary/aromatic N) is 7. The predicted molar refractivity (Wildman–Crippen MR) is 106 cm³/mol. The van der Waals surface area contributed by atoms with E-state index in [1.165, 1.54) is 0 Å². The van der Waals surface area contributed by atoms with Gasteiger partial charge in [0.15, 0.2) is 5.82 Å². The Balaban J connectivity index is 1.59. The maximum absolute atomic E-state index is 5.82. The van der Waals surface area contributed by atoms with Crippen LogP contribution in [-0.2, 0) is 17.7 Å². The van der Waals surface area contributed by atoms with E-state index in [1.807, 2.05) is 25.3 Å². The average Bonchev–Trinajstić information content (AvgIpc) is 3.36. The van der Waals surface area contributed by atoms with Crippen LogP contribution in [0, 0.1) is 13.8 Å². The van der Waals surface area contributed by atoms with Gasteiger partial charge in [0.05, 0.1) is 36.7 Å². The topological polar surface area (TPSA) is 90.6 Å². The molecule has 0 amide bonds. The number of imidazole rings is 1. The second kappa shape index (κ2) is 7.22. The molecule has 2 aliphatic heterocycles. The minimum atomic E-state index is 0.283. The SMILES string of the molecule is CCOc1nc(C)nc2c1CN(c1ncnn3c(C)nc([C@@H]4CCOC4)c13)CC2. The van der Waals surface area contributed by atoms with Crippen LogP contribution >= 0.6 is 0 Å². The Labute approximate surface area is 169 Å². The van der Waals surface area contributed by atoms with Crippen LogP contribution in [-0.4, -0.2) is 55.9 Å². The second-order valence-corrected chi connectivity index (χ2v) is 7.55. The number of aryl methyl sites for hydroxylation is 2. The third-order valence-electron chi connectivity index (χ3n) is 5.63. The zero-order valence-electron chi connectivity index (χ0n) is 17.1. The monoisotopic (exact) mass is 395 g/mol. The molecule has 29 heavy (non-hydrogen) atoms. The van der Waals surface area contributed by atoms with Crippen LogP contribution in [0.5, 0.6) is 5.88 Å². The number of rotatable bonds is 4. The summed E-state index contributed by atoms with van der Waals surface area (Å²) >= 11 is 0. The first kappa shape index (κ1) is 18.2. The van der Waals surface area contributed by atoms with Crippen molar-refractivity contribution in [3.8, 4) is 5.88 Å².